The average Bonchev–Trinajstić information content (AvgIpc) is 2.96. The van der Waals surface area contributed by atoms with Crippen LogP contribution in [0.3, 0.4) is 0 Å². The molecule has 3 nitrogen and oxygen atoms in total. The fraction of sp³-hybridized carbons (Fsp3) is 0.571. The maximum absolute atomic E-state index is 5.38. The van der Waals surface area contributed by atoms with Gasteiger partial charge in [-0.05, 0) is 32.6 Å². The summed E-state index contributed by atoms with van der Waals surface area (Å²) in [6, 6.07) is 5.00. The highest BCUT2D eigenvalue weighted by Gasteiger charge is 2.23. The SMILES string of the molecule is CN(C)C1CCN(Cc2ccc(C#CCN)s2)C1. The summed E-state index contributed by atoms with van der Waals surface area (Å²) in [6.45, 7) is 3.86. The highest BCUT2D eigenvalue weighted by Crippen LogP contribution is 2.21. The predicted octanol–water partition coefficient (Wildman–Crippen LogP) is 1.19. The van der Waals surface area contributed by atoms with Gasteiger partial charge in [0, 0.05) is 30.6 Å². The summed E-state index contributed by atoms with van der Waals surface area (Å²) in [7, 11) is 4.33. The molecule has 0 aliphatic carbocycles. The van der Waals surface area contributed by atoms with Gasteiger partial charge in [0.05, 0.1) is 11.4 Å². The molecule has 2 N–H and O–H groups in total. The number of hydrogen-bond donors (Lipinski definition) is 1. The zero-order valence-corrected chi connectivity index (χ0v) is 12.0. The van der Waals surface area contributed by atoms with Gasteiger partial charge in [-0.2, -0.15) is 0 Å². The number of nitrogens with zero attached hydrogens (tertiary/aromatic N) is 2. The van der Waals surface area contributed by atoms with Crippen LogP contribution in [-0.4, -0.2) is 49.6 Å². The van der Waals surface area contributed by atoms with Crippen LogP contribution in [0.5, 0.6) is 0 Å². The number of thiophene rings is 1. The average molecular weight is 263 g/mol. The normalized spacial score (nSPS) is 20.1. The molecule has 0 amide bonds. The lowest BCUT2D eigenvalue weighted by molar-refractivity contribution is 0.266. The van der Waals surface area contributed by atoms with Crippen LogP contribution in [0.2, 0.25) is 0 Å². The number of hydrogen-bond acceptors (Lipinski definition) is 4. The first-order valence-corrected chi connectivity index (χ1v) is 7.17. The molecule has 1 aliphatic heterocycles. The summed E-state index contributed by atoms with van der Waals surface area (Å²) < 4.78 is 0. The van der Waals surface area contributed by atoms with Crippen molar-refractivity contribution in [2.24, 2.45) is 5.73 Å². The van der Waals surface area contributed by atoms with E-state index in [2.05, 4.69) is 47.9 Å². The number of likely N-dealkylation sites (tertiary alicyclic amines) is 1. The van der Waals surface area contributed by atoms with Gasteiger partial charge in [-0.25, -0.2) is 0 Å². The van der Waals surface area contributed by atoms with E-state index >= 15 is 0 Å². The van der Waals surface area contributed by atoms with Crippen LogP contribution in [0, 0.1) is 11.8 Å². The van der Waals surface area contributed by atoms with E-state index in [-0.39, 0.29) is 0 Å². The molecule has 0 aromatic carbocycles. The predicted molar refractivity (Wildman–Crippen MR) is 77.6 cm³/mol. The minimum atomic E-state index is 0.434. The van der Waals surface area contributed by atoms with Crippen LogP contribution >= 0.6 is 11.3 Å². The van der Waals surface area contributed by atoms with Crippen LogP contribution in [-0.2, 0) is 6.54 Å². The van der Waals surface area contributed by atoms with Gasteiger partial charge < -0.3 is 10.6 Å². The van der Waals surface area contributed by atoms with Gasteiger partial charge in [0.1, 0.15) is 0 Å². The number of nitrogens with two attached hydrogens (primary N) is 1. The Morgan fingerprint density at radius 1 is 1.50 bits per heavy atom. The van der Waals surface area contributed by atoms with Gasteiger partial charge in [-0.15, -0.1) is 11.3 Å². The summed E-state index contributed by atoms with van der Waals surface area (Å²) in [4.78, 5) is 7.37. The monoisotopic (exact) mass is 263 g/mol. The largest absolute Gasteiger partial charge is 0.320 e. The van der Waals surface area contributed by atoms with Crippen LogP contribution in [0.4, 0.5) is 0 Å². The summed E-state index contributed by atoms with van der Waals surface area (Å²) in [5, 5.41) is 0. The lowest BCUT2D eigenvalue weighted by Crippen LogP contribution is -2.31. The number of rotatable bonds is 3. The van der Waals surface area contributed by atoms with Crippen molar-refractivity contribution in [1.29, 1.82) is 0 Å². The van der Waals surface area contributed by atoms with E-state index < -0.39 is 0 Å². The summed E-state index contributed by atoms with van der Waals surface area (Å²) in [5.74, 6) is 5.99. The van der Waals surface area contributed by atoms with Crippen LogP contribution < -0.4 is 5.73 Å². The molecule has 4 heteroatoms. The summed E-state index contributed by atoms with van der Waals surface area (Å²) in [5.41, 5.74) is 5.38. The Balaban J connectivity index is 1.89. The molecule has 1 aromatic rings. The molecule has 1 fully saturated rings. The fourth-order valence-corrected chi connectivity index (χ4v) is 3.19. The smallest absolute Gasteiger partial charge is 0.0772 e. The third-order valence-electron chi connectivity index (χ3n) is 3.33. The van der Waals surface area contributed by atoms with Crippen LogP contribution in [0.25, 0.3) is 0 Å². The molecular formula is C14H21N3S. The van der Waals surface area contributed by atoms with Gasteiger partial charge in [0.15, 0.2) is 0 Å². The van der Waals surface area contributed by atoms with Gasteiger partial charge >= 0.3 is 0 Å². The quantitative estimate of drug-likeness (QED) is 0.832. The highest BCUT2D eigenvalue weighted by atomic mass is 32.1. The summed E-state index contributed by atoms with van der Waals surface area (Å²) >= 11 is 1.78. The Kier molecular flexibility index (Phi) is 4.79. The maximum Gasteiger partial charge on any atom is 0.0772 e. The van der Waals surface area contributed by atoms with Crippen molar-refractivity contribution < 1.29 is 0 Å². The lowest BCUT2D eigenvalue weighted by atomic mass is 10.2. The molecule has 1 unspecified atom stereocenters. The van der Waals surface area contributed by atoms with Crippen molar-refractivity contribution in [3.63, 3.8) is 0 Å². The van der Waals surface area contributed by atoms with Gasteiger partial charge in [-0.3, -0.25) is 4.90 Å². The van der Waals surface area contributed by atoms with Crippen molar-refractivity contribution in [3.05, 3.63) is 21.9 Å². The van der Waals surface area contributed by atoms with E-state index in [1.165, 1.54) is 24.4 Å². The Morgan fingerprint density at radius 3 is 3.00 bits per heavy atom. The Hall–Kier alpha value is -0.860. The third-order valence-corrected chi connectivity index (χ3v) is 4.32. The van der Waals surface area contributed by atoms with Crippen molar-refractivity contribution in [2.75, 3.05) is 33.7 Å². The van der Waals surface area contributed by atoms with E-state index in [9.17, 15) is 0 Å². The molecule has 0 radical (unpaired) electrons. The molecule has 2 rings (SSSR count). The molecule has 1 aliphatic rings. The van der Waals surface area contributed by atoms with E-state index in [1.807, 2.05) is 0 Å². The first kappa shape index (κ1) is 13.6. The van der Waals surface area contributed by atoms with Crippen molar-refractivity contribution >= 4 is 11.3 Å². The first-order chi connectivity index (χ1) is 8.69. The van der Waals surface area contributed by atoms with Crippen molar-refractivity contribution in [1.82, 2.24) is 9.80 Å². The van der Waals surface area contributed by atoms with Gasteiger partial charge in [-0.1, -0.05) is 11.8 Å². The van der Waals surface area contributed by atoms with Gasteiger partial charge in [0.2, 0.25) is 0 Å². The molecule has 18 heavy (non-hydrogen) atoms. The van der Waals surface area contributed by atoms with Crippen molar-refractivity contribution in [3.8, 4) is 11.8 Å². The Bertz CT molecular complexity index is 441. The minimum absolute atomic E-state index is 0.434. The molecule has 98 valence electrons. The minimum Gasteiger partial charge on any atom is -0.320 e. The molecule has 1 aromatic heterocycles. The molecule has 1 atom stereocenters. The fourth-order valence-electron chi connectivity index (χ4n) is 2.27. The molecule has 1 saturated heterocycles. The molecule has 0 saturated carbocycles. The molecular weight excluding hydrogens is 242 g/mol. The second kappa shape index (κ2) is 6.35. The van der Waals surface area contributed by atoms with Crippen LogP contribution in [0.15, 0.2) is 12.1 Å². The highest BCUT2D eigenvalue weighted by molar-refractivity contribution is 7.12. The van der Waals surface area contributed by atoms with Crippen LogP contribution in [0.1, 0.15) is 16.2 Å². The van der Waals surface area contributed by atoms with E-state index in [0.717, 1.165) is 11.4 Å². The zero-order valence-electron chi connectivity index (χ0n) is 11.1. The second-order valence-corrected chi connectivity index (χ2v) is 6.08. The van der Waals surface area contributed by atoms with E-state index in [0.29, 0.717) is 12.6 Å². The Morgan fingerprint density at radius 2 is 2.33 bits per heavy atom. The first-order valence-electron chi connectivity index (χ1n) is 6.35. The maximum atomic E-state index is 5.38. The van der Waals surface area contributed by atoms with Gasteiger partial charge in [0.25, 0.3) is 0 Å². The van der Waals surface area contributed by atoms with Crippen molar-refractivity contribution in [2.45, 2.75) is 19.0 Å². The van der Waals surface area contributed by atoms with E-state index in [1.54, 1.807) is 11.3 Å². The second-order valence-electron chi connectivity index (χ2n) is 4.91. The molecule has 2 heterocycles. The zero-order chi connectivity index (χ0) is 13.0. The number of likely N-dealkylation sites (N-methyl/N-ethyl adjacent to an activating group) is 1. The third kappa shape index (κ3) is 3.56. The topological polar surface area (TPSA) is 32.5 Å². The summed E-state index contributed by atoms with van der Waals surface area (Å²) in [6.07, 6.45) is 1.28. The molecule has 0 bridgehead atoms. The Labute approximate surface area is 114 Å². The standard InChI is InChI=1S/C14H21N3S/c1-16(2)12-7-9-17(10-12)11-14-6-5-13(18-14)4-3-8-15/h5-6,12H,7-11,15H2,1-2H3. The van der Waals surface area contributed by atoms with E-state index in [4.69, 9.17) is 5.73 Å². The molecule has 0 spiro atoms. The lowest BCUT2D eigenvalue weighted by Gasteiger charge is -2.19.